The molecule has 0 unspecified atom stereocenters. The Kier molecular flexibility index (Phi) is 4.26. The number of aliphatic imine (C=N–C) groups is 1. The van der Waals surface area contributed by atoms with E-state index in [0.717, 1.165) is 12.5 Å². The fraction of sp³-hybridized carbons (Fsp3) is 0.909. The van der Waals surface area contributed by atoms with Gasteiger partial charge in [-0.25, -0.2) is 0 Å². The number of hydrogen-bond acceptors (Lipinski definition) is 1. The second kappa shape index (κ2) is 5.25. The lowest BCUT2D eigenvalue weighted by molar-refractivity contribution is 0.394. The first-order valence-corrected chi connectivity index (χ1v) is 5.47. The first-order valence-electron chi connectivity index (χ1n) is 5.47. The molecule has 1 rings (SSSR count). The van der Waals surface area contributed by atoms with Crippen molar-refractivity contribution in [2.75, 3.05) is 20.6 Å². The molecule has 1 saturated carbocycles. The molecule has 0 saturated heterocycles. The summed E-state index contributed by atoms with van der Waals surface area (Å²) in [6.07, 6.45) is 6.89. The summed E-state index contributed by atoms with van der Waals surface area (Å²) in [6.45, 7) is 3.26. The molecule has 2 heteroatoms. The SMILES string of the molecule is CCN(C)C(=NC)C1CCCCC1. The van der Waals surface area contributed by atoms with Crippen molar-refractivity contribution in [3.05, 3.63) is 0 Å². The lowest BCUT2D eigenvalue weighted by Crippen LogP contribution is -2.34. The topological polar surface area (TPSA) is 15.6 Å². The highest BCUT2D eigenvalue weighted by molar-refractivity contribution is 5.84. The van der Waals surface area contributed by atoms with Crippen LogP contribution in [0.3, 0.4) is 0 Å². The van der Waals surface area contributed by atoms with Gasteiger partial charge in [-0.15, -0.1) is 0 Å². The molecule has 1 aliphatic carbocycles. The Hall–Kier alpha value is -0.530. The van der Waals surface area contributed by atoms with Crippen LogP contribution in [0, 0.1) is 5.92 Å². The fourth-order valence-corrected chi connectivity index (χ4v) is 2.19. The maximum atomic E-state index is 4.43. The molecule has 0 heterocycles. The molecule has 0 aliphatic heterocycles. The molecule has 1 aliphatic rings. The zero-order chi connectivity index (χ0) is 9.68. The monoisotopic (exact) mass is 182 g/mol. The van der Waals surface area contributed by atoms with Crippen molar-refractivity contribution in [1.82, 2.24) is 4.90 Å². The fourth-order valence-electron chi connectivity index (χ4n) is 2.19. The van der Waals surface area contributed by atoms with Crippen molar-refractivity contribution in [1.29, 1.82) is 0 Å². The zero-order valence-electron chi connectivity index (χ0n) is 9.21. The molecule has 0 amide bonds. The summed E-state index contributed by atoms with van der Waals surface area (Å²) < 4.78 is 0. The van der Waals surface area contributed by atoms with Crippen LogP contribution in [0.4, 0.5) is 0 Å². The number of amidine groups is 1. The minimum absolute atomic E-state index is 0.740. The standard InChI is InChI=1S/C11H22N2/c1-4-13(3)11(12-2)10-8-6-5-7-9-10/h10H,4-9H2,1-3H3. The van der Waals surface area contributed by atoms with E-state index in [2.05, 4.69) is 23.9 Å². The predicted molar refractivity (Wildman–Crippen MR) is 58.2 cm³/mol. The van der Waals surface area contributed by atoms with Crippen molar-refractivity contribution in [3.63, 3.8) is 0 Å². The van der Waals surface area contributed by atoms with Crippen LogP contribution in [0.1, 0.15) is 39.0 Å². The van der Waals surface area contributed by atoms with Crippen LogP contribution < -0.4 is 0 Å². The molecule has 76 valence electrons. The van der Waals surface area contributed by atoms with E-state index in [1.165, 1.54) is 37.9 Å². The van der Waals surface area contributed by atoms with Gasteiger partial charge in [-0.05, 0) is 19.8 Å². The van der Waals surface area contributed by atoms with Gasteiger partial charge in [0.25, 0.3) is 0 Å². The van der Waals surface area contributed by atoms with Crippen LogP contribution in [0.15, 0.2) is 4.99 Å². The third-order valence-corrected chi connectivity index (χ3v) is 3.06. The first kappa shape index (κ1) is 10.6. The minimum Gasteiger partial charge on any atom is -0.363 e. The van der Waals surface area contributed by atoms with Crippen LogP contribution in [0.2, 0.25) is 0 Å². The summed E-state index contributed by atoms with van der Waals surface area (Å²) in [7, 11) is 4.08. The molecule has 0 spiro atoms. The molecule has 0 aromatic rings. The smallest absolute Gasteiger partial charge is 0.101 e. The maximum Gasteiger partial charge on any atom is 0.101 e. The summed E-state index contributed by atoms with van der Waals surface area (Å²) in [5, 5.41) is 0. The Labute approximate surface area is 82.0 Å². The summed E-state index contributed by atoms with van der Waals surface area (Å²) in [6, 6.07) is 0. The first-order chi connectivity index (χ1) is 6.29. The highest BCUT2D eigenvalue weighted by atomic mass is 15.2. The third kappa shape index (κ3) is 2.71. The minimum atomic E-state index is 0.740. The maximum absolute atomic E-state index is 4.43. The molecular formula is C11H22N2. The van der Waals surface area contributed by atoms with Crippen molar-refractivity contribution < 1.29 is 0 Å². The Bertz CT molecular complexity index is 169. The van der Waals surface area contributed by atoms with E-state index >= 15 is 0 Å². The second-order valence-electron chi connectivity index (χ2n) is 3.93. The van der Waals surface area contributed by atoms with Gasteiger partial charge in [-0.3, -0.25) is 4.99 Å². The molecule has 0 bridgehead atoms. The van der Waals surface area contributed by atoms with Gasteiger partial charge in [-0.1, -0.05) is 19.3 Å². The van der Waals surface area contributed by atoms with E-state index in [1.807, 2.05) is 7.05 Å². The van der Waals surface area contributed by atoms with E-state index in [9.17, 15) is 0 Å². The van der Waals surface area contributed by atoms with Crippen molar-refractivity contribution >= 4 is 5.84 Å². The summed E-state index contributed by atoms with van der Waals surface area (Å²) in [5.74, 6) is 2.06. The molecule has 0 atom stereocenters. The van der Waals surface area contributed by atoms with E-state index in [4.69, 9.17) is 0 Å². The molecule has 2 nitrogen and oxygen atoms in total. The Morgan fingerprint density at radius 3 is 2.38 bits per heavy atom. The number of hydrogen-bond donors (Lipinski definition) is 0. The van der Waals surface area contributed by atoms with E-state index in [0.29, 0.717) is 0 Å². The average molecular weight is 182 g/mol. The lowest BCUT2D eigenvalue weighted by Gasteiger charge is -2.29. The third-order valence-electron chi connectivity index (χ3n) is 3.06. The van der Waals surface area contributed by atoms with Crippen LogP contribution in [0.25, 0.3) is 0 Å². The predicted octanol–water partition coefficient (Wildman–Crippen LogP) is 2.55. The second-order valence-corrected chi connectivity index (χ2v) is 3.93. The van der Waals surface area contributed by atoms with Gasteiger partial charge in [0.15, 0.2) is 0 Å². The van der Waals surface area contributed by atoms with E-state index in [1.54, 1.807) is 0 Å². The van der Waals surface area contributed by atoms with Gasteiger partial charge in [0.05, 0.1) is 0 Å². The van der Waals surface area contributed by atoms with Crippen LogP contribution in [0.5, 0.6) is 0 Å². The highest BCUT2D eigenvalue weighted by Crippen LogP contribution is 2.25. The Morgan fingerprint density at radius 2 is 1.92 bits per heavy atom. The number of nitrogens with zero attached hydrogens (tertiary/aromatic N) is 2. The molecule has 13 heavy (non-hydrogen) atoms. The van der Waals surface area contributed by atoms with Gasteiger partial charge in [0.2, 0.25) is 0 Å². The molecule has 0 aromatic heterocycles. The lowest BCUT2D eigenvalue weighted by atomic mass is 9.88. The van der Waals surface area contributed by atoms with Gasteiger partial charge < -0.3 is 4.90 Å². The summed E-state index contributed by atoms with van der Waals surface area (Å²) >= 11 is 0. The normalized spacial score (nSPS) is 20.4. The average Bonchev–Trinajstić information content (AvgIpc) is 2.20. The molecule has 0 radical (unpaired) electrons. The van der Waals surface area contributed by atoms with Crippen LogP contribution in [-0.4, -0.2) is 31.4 Å². The molecular weight excluding hydrogens is 160 g/mol. The summed E-state index contributed by atoms with van der Waals surface area (Å²) in [5.41, 5.74) is 0. The number of rotatable bonds is 2. The van der Waals surface area contributed by atoms with Gasteiger partial charge in [0, 0.05) is 26.6 Å². The van der Waals surface area contributed by atoms with Crippen LogP contribution >= 0.6 is 0 Å². The summed E-state index contributed by atoms with van der Waals surface area (Å²) in [4.78, 5) is 6.71. The van der Waals surface area contributed by atoms with E-state index < -0.39 is 0 Å². The Balaban J connectivity index is 2.54. The van der Waals surface area contributed by atoms with Crippen molar-refractivity contribution in [2.24, 2.45) is 10.9 Å². The van der Waals surface area contributed by atoms with Crippen molar-refractivity contribution in [2.45, 2.75) is 39.0 Å². The van der Waals surface area contributed by atoms with Crippen LogP contribution in [-0.2, 0) is 0 Å². The highest BCUT2D eigenvalue weighted by Gasteiger charge is 2.20. The molecule has 1 fully saturated rings. The van der Waals surface area contributed by atoms with Gasteiger partial charge in [0.1, 0.15) is 5.84 Å². The Morgan fingerprint density at radius 1 is 1.31 bits per heavy atom. The largest absolute Gasteiger partial charge is 0.363 e. The van der Waals surface area contributed by atoms with Crippen molar-refractivity contribution in [3.8, 4) is 0 Å². The zero-order valence-corrected chi connectivity index (χ0v) is 9.21. The van der Waals surface area contributed by atoms with E-state index in [-0.39, 0.29) is 0 Å². The molecule has 0 aromatic carbocycles. The molecule has 0 N–H and O–H groups in total. The quantitative estimate of drug-likeness (QED) is 0.473. The van der Waals surface area contributed by atoms with Gasteiger partial charge >= 0.3 is 0 Å². The van der Waals surface area contributed by atoms with Gasteiger partial charge in [-0.2, -0.15) is 0 Å².